The summed E-state index contributed by atoms with van der Waals surface area (Å²) in [6, 6.07) is 24.2. The summed E-state index contributed by atoms with van der Waals surface area (Å²) in [7, 11) is 0. The molecule has 1 aromatic heterocycles. The molecule has 3 atom stereocenters. The van der Waals surface area contributed by atoms with Crippen molar-refractivity contribution in [3.05, 3.63) is 102 Å². The lowest BCUT2D eigenvalue weighted by molar-refractivity contribution is -0.139. The second-order valence-electron chi connectivity index (χ2n) is 9.44. The van der Waals surface area contributed by atoms with Crippen LogP contribution in [-0.4, -0.2) is 58.9 Å². The van der Waals surface area contributed by atoms with Crippen LogP contribution in [0.25, 0.3) is 0 Å². The van der Waals surface area contributed by atoms with Gasteiger partial charge in [0.25, 0.3) is 0 Å². The number of hydrogen-bond acceptors (Lipinski definition) is 4. The van der Waals surface area contributed by atoms with Crippen LogP contribution in [-0.2, 0) is 27.4 Å². The number of nitrogens with zero attached hydrogens (tertiary/aromatic N) is 3. The number of ether oxygens (including phenoxy) is 1. The van der Waals surface area contributed by atoms with Gasteiger partial charge in [0.15, 0.2) is 0 Å². The highest BCUT2D eigenvalue weighted by Gasteiger charge is 2.47. The maximum Gasteiger partial charge on any atom is 0.242 e. The number of hydrogen-bond donors (Lipinski definition) is 0. The van der Waals surface area contributed by atoms with Gasteiger partial charge in [0.05, 0.1) is 19.3 Å². The van der Waals surface area contributed by atoms with Crippen LogP contribution in [0.15, 0.2) is 85.2 Å². The Hall–Kier alpha value is -3.51. The smallest absolute Gasteiger partial charge is 0.242 e. The standard InChI is InChI=1S/C29H31N3O3/c33-28-20-32(29(34)27-17-26(27)24-9-5-2-6-10-24)19-25(35-21-23-11-14-30-15-12-23)18-31(28)16-13-22-7-3-1-4-8-22/h1-12,14-15,25-27H,13,16-21H2/t25-,26-,27+/m0/s1. The molecule has 2 fully saturated rings. The Kier molecular flexibility index (Phi) is 7.19. The number of carbonyl (C=O) groups is 2. The maximum atomic E-state index is 13.4. The fraction of sp³-hybridized carbons (Fsp3) is 0.345. The molecule has 1 aliphatic carbocycles. The van der Waals surface area contributed by atoms with E-state index in [0.717, 1.165) is 18.4 Å². The second kappa shape index (κ2) is 10.8. The van der Waals surface area contributed by atoms with Gasteiger partial charge in [0, 0.05) is 37.9 Å². The molecule has 0 bridgehead atoms. The van der Waals surface area contributed by atoms with Gasteiger partial charge in [-0.25, -0.2) is 0 Å². The first kappa shape index (κ1) is 23.2. The molecule has 6 nitrogen and oxygen atoms in total. The van der Waals surface area contributed by atoms with E-state index in [-0.39, 0.29) is 36.3 Å². The van der Waals surface area contributed by atoms with Gasteiger partial charge in [-0.15, -0.1) is 0 Å². The summed E-state index contributed by atoms with van der Waals surface area (Å²) in [6.45, 7) is 2.05. The summed E-state index contributed by atoms with van der Waals surface area (Å²) in [6.07, 6.45) is 4.86. The molecule has 2 aromatic carbocycles. The summed E-state index contributed by atoms with van der Waals surface area (Å²) in [4.78, 5) is 34.3. The van der Waals surface area contributed by atoms with Gasteiger partial charge < -0.3 is 14.5 Å². The third-order valence-electron chi connectivity index (χ3n) is 6.92. The quantitative estimate of drug-likeness (QED) is 0.505. The summed E-state index contributed by atoms with van der Waals surface area (Å²) in [5.41, 5.74) is 3.41. The summed E-state index contributed by atoms with van der Waals surface area (Å²) < 4.78 is 6.26. The van der Waals surface area contributed by atoms with Gasteiger partial charge in [0.1, 0.15) is 0 Å². The largest absolute Gasteiger partial charge is 0.370 e. The van der Waals surface area contributed by atoms with Crippen LogP contribution in [0.4, 0.5) is 0 Å². The van der Waals surface area contributed by atoms with Gasteiger partial charge in [-0.1, -0.05) is 60.7 Å². The SMILES string of the molecule is O=C1CN(C(=O)[C@@H]2C[C@H]2c2ccccc2)C[C@@H](OCc2ccncc2)CN1CCc1ccccc1. The highest BCUT2D eigenvalue weighted by atomic mass is 16.5. The van der Waals surface area contributed by atoms with Gasteiger partial charge in [-0.05, 0) is 47.6 Å². The lowest BCUT2D eigenvalue weighted by Crippen LogP contribution is -2.41. The molecule has 1 saturated carbocycles. The zero-order valence-electron chi connectivity index (χ0n) is 19.8. The van der Waals surface area contributed by atoms with Crippen LogP contribution in [0.3, 0.4) is 0 Å². The lowest BCUT2D eigenvalue weighted by atomic mass is 10.1. The fourth-order valence-electron chi connectivity index (χ4n) is 4.84. The summed E-state index contributed by atoms with van der Waals surface area (Å²) >= 11 is 0. The Bertz CT molecular complexity index is 1120. The normalized spacial score (nSPS) is 22.1. The number of amides is 2. The molecule has 3 aromatic rings. The van der Waals surface area contributed by atoms with Crippen molar-refractivity contribution in [2.45, 2.75) is 31.5 Å². The molecule has 180 valence electrons. The first-order chi connectivity index (χ1) is 17.2. The van der Waals surface area contributed by atoms with Crippen molar-refractivity contribution in [3.8, 4) is 0 Å². The van der Waals surface area contributed by atoms with E-state index in [2.05, 4.69) is 29.2 Å². The Labute approximate surface area is 206 Å². The first-order valence-electron chi connectivity index (χ1n) is 12.3. The van der Waals surface area contributed by atoms with Crippen LogP contribution in [0.5, 0.6) is 0 Å². The predicted octanol–water partition coefficient (Wildman–Crippen LogP) is 3.68. The highest BCUT2D eigenvalue weighted by Crippen LogP contribution is 2.48. The molecule has 5 rings (SSSR count). The first-order valence-corrected chi connectivity index (χ1v) is 12.3. The van der Waals surface area contributed by atoms with Crippen LogP contribution in [0.1, 0.15) is 29.0 Å². The number of rotatable bonds is 8. The minimum absolute atomic E-state index is 0.0128. The minimum atomic E-state index is -0.247. The molecule has 35 heavy (non-hydrogen) atoms. The van der Waals surface area contributed by atoms with E-state index in [0.29, 0.717) is 26.2 Å². The average Bonchev–Trinajstić information content (AvgIpc) is 3.72. The second-order valence-corrected chi connectivity index (χ2v) is 9.44. The zero-order chi connectivity index (χ0) is 24.0. The van der Waals surface area contributed by atoms with E-state index in [1.807, 2.05) is 53.4 Å². The molecule has 1 saturated heterocycles. The van der Waals surface area contributed by atoms with Crippen molar-refractivity contribution >= 4 is 11.8 Å². The molecule has 0 unspecified atom stereocenters. The molecular weight excluding hydrogens is 438 g/mol. The third kappa shape index (κ3) is 5.95. The van der Waals surface area contributed by atoms with Crippen molar-refractivity contribution in [1.29, 1.82) is 0 Å². The van der Waals surface area contributed by atoms with Crippen LogP contribution in [0.2, 0.25) is 0 Å². The number of benzene rings is 2. The molecule has 1 aliphatic heterocycles. The van der Waals surface area contributed by atoms with Crippen molar-refractivity contribution in [2.24, 2.45) is 5.92 Å². The van der Waals surface area contributed by atoms with Crippen LogP contribution in [0, 0.1) is 5.92 Å². The third-order valence-corrected chi connectivity index (χ3v) is 6.92. The van der Waals surface area contributed by atoms with Gasteiger partial charge in [0.2, 0.25) is 11.8 Å². The van der Waals surface area contributed by atoms with E-state index in [1.165, 1.54) is 11.1 Å². The van der Waals surface area contributed by atoms with Gasteiger partial charge in [-0.3, -0.25) is 14.6 Å². The number of pyridine rings is 1. The van der Waals surface area contributed by atoms with Crippen molar-refractivity contribution < 1.29 is 14.3 Å². The van der Waals surface area contributed by atoms with Crippen molar-refractivity contribution in [1.82, 2.24) is 14.8 Å². The highest BCUT2D eigenvalue weighted by molar-refractivity contribution is 5.88. The van der Waals surface area contributed by atoms with Crippen LogP contribution >= 0.6 is 0 Å². The van der Waals surface area contributed by atoms with E-state index < -0.39 is 0 Å². The molecule has 2 heterocycles. The van der Waals surface area contributed by atoms with Gasteiger partial charge >= 0.3 is 0 Å². The van der Waals surface area contributed by atoms with E-state index in [9.17, 15) is 9.59 Å². The summed E-state index contributed by atoms with van der Waals surface area (Å²) in [5.74, 6) is 0.241. The molecule has 0 radical (unpaired) electrons. The maximum absolute atomic E-state index is 13.4. The summed E-state index contributed by atoms with van der Waals surface area (Å²) in [5, 5.41) is 0. The average molecular weight is 470 g/mol. The minimum Gasteiger partial charge on any atom is -0.370 e. The number of carbonyl (C=O) groups excluding carboxylic acids is 2. The Morgan fingerprint density at radius 3 is 2.37 bits per heavy atom. The monoisotopic (exact) mass is 469 g/mol. The lowest BCUT2D eigenvalue weighted by Gasteiger charge is -2.25. The van der Waals surface area contributed by atoms with Crippen LogP contribution < -0.4 is 0 Å². The van der Waals surface area contributed by atoms with E-state index in [1.54, 1.807) is 17.3 Å². The molecule has 2 aliphatic rings. The molecule has 2 amide bonds. The Morgan fingerprint density at radius 1 is 0.914 bits per heavy atom. The zero-order valence-corrected chi connectivity index (χ0v) is 19.8. The molecule has 0 N–H and O–H groups in total. The molecular formula is C29H31N3O3. The van der Waals surface area contributed by atoms with Gasteiger partial charge in [-0.2, -0.15) is 0 Å². The Morgan fingerprint density at radius 2 is 1.63 bits per heavy atom. The van der Waals surface area contributed by atoms with Crippen molar-refractivity contribution in [2.75, 3.05) is 26.2 Å². The number of aromatic nitrogens is 1. The fourth-order valence-corrected chi connectivity index (χ4v) is 4.84. The molecule has 6 heteroatoms. The van der Waals surface area contributed by atoms with E-state index in [4.69, 9.17) is 4.74 Å². The molecule has 0 spiro atoms. The predicted molar refractivity (Wildman–Crippen MR) is 133 cm³/mol. The van der Waals surface area contributed by atoms with Crippen molar-refractivity contribution in [3.63, 3.8) is 0 Å². The Balaban J connectivity index is 1.27. The topological polar surface area (TPSA) is 62.7 Å². The van der Waals surface area contributed by atoms with E-state index >= 15 is 0 Å².